The average molecular weight is 180 g/mol. The molecule has 2 aliphatic rings. The van der Waals surface area contributed by atoms with Crippen LogP contribution in [0.25, 0.3) is 0 Å². The summed E-state index contributed by atoms with van der Waals surface area (Å²) in [4.78, 5) is 11.1. The van der Waals surface area contributed by atoms with Gasteiger partial charge in [0.1, 0.15) is 6.10 Å². The molecular formula is C11H16O2. The summed E-state index contributed by atoms with van der Waals surface area (Å²) < 4.78 is 5.49. The van der Waals surface area contributed by atoms with E-state index in [1.807, 2.05) is 0 Å². The van der Waals surface area contributed by atoms with Crippen LogP contribution in [0.3, 0.4) is 0 Å². The summed E-state index contributed by atoms with van der Waals surface area (Å²) in [6, 6.07) is 0. The van der Waals surface area contributed by atoms with Crippen molar-refractivity contribution in [2.24, 2.45) is 5.92 Å². The Morgan fingerprint density at radius 1 is 1.23 bits per heavy atom. The van der Waals surface area contributed by atoms with Crippen LogP contribution >= 0.6 is 0 Å². The minimum atomic E-state index is 0.179. The maximum absolute atomic E-state index is 11.1. The number of allylic oxidation sites excluding steroid dienone is 1. The number of rotatable bonds is 1. The molecule has 0 saturated heterocycles. The normalized spacial score (nSPS) is 30.2. The first kappa shape index (κ1) is 8.79. The van der Waals surface area contributed by atoms with Crippen molar-refractivity contribution in [2.75, 3.05) is 0 Å². The summed E-state index contributed by atoms with van der Waals surface area (Å²) in [6.45, 7) is 0. The SMILES string of the molecule is O=C1C=CO[C@H](C2CCCCC2)C1. The molecule has 1 aliphatic carbocycles. The highest BCUT2D eigenvalue weighted by atomic mass is 16.5. The van der Waals surface area contributed by atoms with Crippen LogP contribution in [0.1, 0.15) is 38.5 Å². The maximum Gasteiger partial charge on any atom is 0.162 e. The predicted octanol–water partition coefficient (Wildman–Crippen LogP) is 2.44. The molecule has 0 unspecified atom stereocenters. The summed E-state index contributed by atoms with van der Waals surface area (Å²) in [7, 11) is 0. The summed E-state index contributed by atoms with van der Waals surface area (Å²) in [5.74, 6) is 0.851. The molecule has 0 spiro atoms. The highest BCUT2D eigenvalue weighted by molar-refractivity contribution is 5.90. The predicted molar refractivity (Wildman–Crippen MR) is 50.2 cm³/mol. The van der Waals surface area contributed by atoms with Crippen LogP contribution in [-0.2, 0) is 9.53 Å². The Morgan fingerprint density at radius 2 is 2.00 bits per heavy atom. The van der Waals surface area contributed by atoms with Gasteiger partial charge in [0, 0.05) is 12.5 Å². The summed E-state index contributed by atoms with van der Waals surface area (Å²) in [6.07, 6.45) is 10.3. The van der Waals surface area contributed by atoms with Crippen molar-refractivity contribution >= 4 is 5.78 Å². The van der Waals surface area contributed by atoms with E-state index in [-0.39, 0.29) is 11.9 Å². The van der Waals surface area contributed by atoms with Gasteiger partial charge in [0.25, 0.3) is 0 Å². The van der Waals surface area contributed by atoms with E-state index >= 15 is 0 Å². The lowest BCUT2D eigenvalue weighted by molar-refractivity contribution is -0.119. The van der Waals surface area contributed by atoms with Gasteiger partial charge >= 0.3 is 0 Å². The lowest BCUT2D eigenvalue weighted by Crippen LogP contribution is -2.29. The Balaban J connectivity index is 1.92. The first-order valence-corrected chi connectivity index (χ1v) is 5.21. The van der Waals surface area contributed by atoms with Gasteiger partial charge in [-0.2, -0.15) is 0 Å². The van der Waals surface area contributed by atoms with E-state index in [0.717, 1.165) is 0 Å². The van der Waals surface area contributed by atoms with Crippen LogP contribution in [0.15, 0.2) is 12.3 Å². The zero-order chi connectivity index (χ0) is 9.10. The molecule has 0 aromatic rings. The molecule has 1 fully saturated rings. The summed E-state index contributed by atoms with van der Waals surface area (Å²) in [5, 5.41) is 0. The quantitative estimate of drug-likeness (QED) is 0.619. The average Bonchev–Trinajstić information content (AvgIpc) is 2.19. The van der Waals surface area contributed by atoms with Gasteiger partial charge in [-0.05, 0) is 18.8 Å². The molecule has 0 radical (unpaired) electrons. The van der Waals surface area contributed by atoms with Crippen LogP contribution in [0.2, 0.25) is 0 Å². The van der Waals surface area contributed by atoms with E-state index in [1.165, 1.54) is 32.1 Å². The highest BCUT2D eigenvalue weighted by Gasteiger charge is 2.27. The standard InChI is InChI=1S/C11H16O2/c12-10-6-7-13-11(8-10)9-4-2-1-3-5-9/h6-7,9,11H,1-5,8H2/t11-/m0/s1. The second-order valence-corrected chi connectivity index (χ2v) is 4.05. The zero-order valence-electron chi connectivity index (χ0n) is 7.87. The second kappa shape index (κ2) is 3.95. The molecule has 1 heterocycles. The number of carbonyl (C=O) groups is 1. The van der Waals surface area contributed by atoms with Gasteiger partial charge in [0.05, 0.1) is 6.26 Å². The van der Waals surface area contributed by atoms with Crippen LogP contribution in [0.4, 0.5) is 0 Å². The molecule has 2 rings (SSSR count). The molecule has 72 valence electrons. The number of hydrogen-bond acceptors (Lipinski definition) is 2. The number of ether oxygens (including phenoxy) is 1. The zero-order valence-corrected chi connectivity index (χ0v) is 7.87. The minimum absolute atomic E-state index is 0.179. The molecule has 1 saturated carbocycles. The van der Waals surface area contributed by atoms with E-state index in [4.69, 9.17) is 4.74 Å². The third-order valence-electron chi connectivity index (χ3n) is 3.09. The van der Waals surface area contributed by atoms with E-state index in [9.17, 15) is 4.79 Å². The highest BCUT2D eigenvalue weighted by Crippen LogP contribution is 2.30. The monoisotopic (exact) mass is 180 g/mol. The van der Waals surface area contributed by atoms with Crippen molar-refractivity contribution in [1.29, 1.82) is 0 Å². The van der Waals surface area contributed by atoms with Crippen molar-refractivity contribution < 1.29 is 9.53 Å². The first-order valence-electron chi connectivity index (χ1n) is 5.21. The van der Waals surface area contributed by atoms with Gasteiger partial charge in [-0.25, -0.2) is 0 Å². The van der Waals surface area contributed by atoms with E-state index < -0.39 is 0 Å². The van der Waals surface area contributed by atoms with Gasteiger partial charge in [-0.3, -0.25) is 4.79 Å². The molecule has 2 nitrogen and oxygen atoms in total. The van der Waals surface area contributed by atoms with Crippen LogP contribution < -0.4 is 0 Å². The molecule has 0 bridgehead atoms. The summed E-state index contributed by atoms with van der Waals surface area (Å²) in [5.41, 5.74) is 0. The fourth-order valence-electron chi connectivity index (χ4n) is 2.31. The Labute approximate surface area is 79.0 Å². The molecule has 0 amide bonds. The minimum Gasteiger partial charge on any atom is -0.497 e. The van der Waals surface area contributed by atoms with Gasteiger partial charge < -0.3 is 4.74 Å². The third kappa shape index (κ3) is 2.11. The molecule has 13 heavy (non-hydrogen) atoms. The molecule has 0 aromatic heterocycles. The van der Waals surface area contributed by atoms with E-state index in [0.29, 0.717) is 12.3 Å². The Kier molecular flexibility index (Phi) is 2.67. The second-order valence-electron chi connectivity index (χ2n) is 4.05. The molecule has 1 atom stereocenters. The van der Waals surface area contributed by atoms with Gasteiger partial charge in [-0.1, -0.05) is 19.3 Å². The van der Waals surface area contributed by atoms with Gasteiger partial charge in [0.15, 0.2) is 5.78 Å². The largest absolute Gasteiger partial charge is 0.497 e. The molecule has 1 aliphatic heterocycles. The Bertz CT molecular complexity index is 214. The fourth-order valence-corrected chi connectivity index (χ4v) is 2.31. The van der Waals surface area contributed by atoms with Crippen LogP contribution in [-0.4, -0.2) is 11.9 Å². The van der Waals surface area contributed by atoms with Gasteiger partial charge in [0.2, 0.25) is 0 Å². The molecular weight excluding hydrogens is 164 g/mol. The van der Waals surface area contributed by atoms with Crippen LogP contribution in [0.5, 0.6) is 0 Å². The molecule has 0 aromatic carbocycles. The maximum atomic E-state index is 11.1. The van der Waals surface area contributed by atoms with Crippen molar-refractivity contribution in [3.63, 3.8) is 0 Å². The molecule has 2 heteroatoms. The number of ketones is 1. The van der Waals surface area contributed by atoms with Gasteiger partial charge in [-0.15, -0.1) is 0 Å². The lowest BCUT2D eigenvalue weighted by Gasteiger charge is -2.30. The molecule has 0 N–H and O–H groups in total. The summed E-state index contributed by atoms with van der Waals surface area (Å²) >= 11 is 0. The topological polar surface area (TPSA) is 26.3 Å². The van der Waals surface area contributed by atoms with Crippen molar-refractivity contribution in [1.82, 2.24) is 0 Å². The van der Waals surface area contributed by atoms with E-state index in [1.54, 1.807) is 12.3 Å². The first-order chi connectivity index (χ1) is 6.36. The Morgan fingerprint density at radius 3 is 2.69 bits per heavy atom. The smallest absolute Gasteiger partial charge is 0.162 e. The number of carbonyl (C=O) groups excluding carboxylic acids is 1. The van der Waals surface area contributed by atoms with Crippen molar-refractivity contribution in [2.45, 2.75) is 44.6 Å². The fraction of sp³-hybridized carbons (Fsp3) is 0.727. The van der Waals surface area contributed by atoms with E-state index in [2.05, 4.69) is 0 Å². The lowest BCUT2D eigenvalue weighted by atomic mass is 9.83. The van der Waals surface area contributed by atoms with Crippen molar-refractivity contribution in [3.05, 3.63) is 12.3 Å². The number of hydrogen-bond donors (Lipinski definition) is 0. The van der Waals surface area contributed by atoms with Crippen molar-refractivity contribution in [3.8, 4) is 0 Å². The van der Waals surface area contributed by atoms with Crippen LogP contribution in [0, 0.1) is 5.92 Å². The third-order valence-corrected chi connectivity index (χ3v) is 3.09. The Hall–Kier alpha value is -0.790.